The average Bonchev–Trinajstić information content (AvgIpc) is 3.26. The third-order valence-electron chi connectivity index (χ3n) is 6.61. The number of likely N-dealkylation sites (tertiary alicyclic amines) is 1. The van der Waals surface area contributed by atoms with Gasteiger partial charge in [0.05, 0.1) is 5.56 Å². The molecule has 3 amide bonds. The van der Waals surface area contributed by atoms with Gasteiger partial charge in [0.25, 0.3) is 11.8 Å². The van der Waals surface area contributed by atoms with Crippen LogP contribution in [0.4, 0.5) is 4.39 Å². The lowest BCUT2D eigenvalue weighted by Gasteiger charge is -2.21. The highest BCUT2D eigenvalue weighted by Crippen LogP contribution is 2.45. The quantitative estimate of drug-likeness (QED) is 0.625. The fourth-order valence-electron chi connectivity index (χ4n) is 4.67. The Kier molecular flexibility index (Phi) is 6.86. The van der Waals surface area contributed by atoms with E-state index in [0.717, 1.165) is 5.56 Å². The van der Waals surface area contributed by atoms with Crippen molar-refractivity contribution in [1.82, 2.24) is 15.5 Å². The number of rotatable bonds is 8. The number of nitrogens with zero attached hydrogens (tertiary/aromatic N) is 1. The number of carbonyl (C=O) groups is 3. The number of benzene rings is 2. The fraction of sp³-hybridized carbons (Fsp3) is 0.423. The van der Waals surface area contributed by atoms with Gasteiger partial charge < -0.3 is 20.3 Å². The van der Waals surface area contributed by atoms with Crippen LogP contribution in [0.3, 0.4) is 0 Å². The Hall–Kier alpha value is -3.42. The Morgan fingerprint density at radius 2 is 1.79 bits per heavy atom. The van der Waals surface area contributed by atoms with Crippen LogP contribution in [-0.2, 0) is 11.2 Å². The van der Waals surface area contributed by atoms with E-state index in [1.54, 1.807) is 24.8 Å². The molecule has 2 aliphatic rings. The summed E-state index contributed by atoms with van der Waals surface area (Å²) in [7, 11) is 1.50. The topological polar surface area (TPSA) is 87.7 Å². The Morgan fingerprint density at radius 1 is 1.12 bits per heavy atom. The molecule has 34 heavy (non-hydrogen) atoms. The maximum atomic E-state index is 13.3. The lowest BCUT2D eigenvalue weighted by molar-refractivity contribution is -0.128. The summed E-state index contributed by atoms with van der Waals surface area (Å²) in [6.07, 6.45) is -0.324. The number of nitrogens with one attached hydrogen (secondary N) is 2. The predicted molar refractivity (Wildman–Crippen MR) is 126 cm³/mol. The van der Waals surface area contributed by atoms with Crippen molar-refractivity contribution >= 4 is 17.7 Å². The van der Waals surface area contributed by atoms with E-state index in [4.69, 9.17) is 4.74 Å². The van der Waals surface area contributed by atoms with Crippen LogP contribution in [0.1, 0.15) is 45.7 Å². The molecule has 0 aromatic heterocycles. The van der Waals surface area contributed by atoms with Gasteiger partial charge in [-0.3, -0.25) is 14.4 Å². The number of amides is 3. The van der Waals surface area contributed by atoms with Crippen LogP contribution in [0.25, 0.3) is 0 Å². The van der Waals surface area contributed by atoms with Gasteiger partial charge in [0.1, 0.15) is 18.5 Å². The molecule has 8 heteroatoms. The van der Waals surface area contributed by atoms with E-state index in [1.165, 1.54) is 13.1 Å². The van der Waals surface area contributed by atoms with E-state index in [2.05, 4.69) is 10.6 Å². The van der Waals surface area contributed by atoms with Crippen molar-refractivity contribution in [3.05, 3.63) is 64.7 Å². The molecule has 1 aliphatic carbocycles. The number of piperidine rings is 1. The van der Waals surface area contributed by atoms with Crippen LogP contribution in [0.5, 0.6) is 5.75 Å². The highest BCUT2D eigenvalue weighted by Gasteiger charge is 2.57. The highest BCUT2D eigenvalue weighted by molar-refractivity contribution is 6.02. The molecule has 2 fully saturated rings. The van der Waals surface area contributed by atoms with Crippen molar-refractivity contribution in [2.75, 3.05) is 26.8 Å². The summed E-state index contributed by atoms with van der Waals surface area (Å²) in [5, 5.41) is 5.66. The first kappa shape index (κ1) is 23.7. The molecule has 1 aliphatic heterocycles. The number of ether oxygens (including phenoxy) is 1. The maximum absolute atomic E-state index is 13.3. The first-order chi connectivity index (χ1) is 16.3. The summed E-state index contributed by atoms with van der Waals surface area (Å²) in [5.74, 6) is 0.177. The van der Waals surface area contributed by atoms with Gasteiger partial charge in [-0.1, -0.05) is 30.3 Å². The zero-order valence-corrected chi connectivity index (χ0v) is 19.6. The summed E-state index contributed by atoms with van der Waals surface area (Å²) in [6.45, 7) is 3.75. The summed E-state index contributed by atoms with van der Waals surface area (Å²) < 4.78 is 19.1. The number of alkyl halides is 1. The van der Waals surface area contributed by atoms with Gasteiger partial charge >= 0.3 is 0 Å². The Bertz CT molecular complexity index is 1080. The summed E-state index contributed by atoms with van der Waals surface area (Å²) in [5.41, 5.74) is 2.15. The van der Waals surface area contributed by atoms with Crippen molar-refractivity contribution in [1.29, 1.82) is 0 Å². The summed E-state index contributed by atoms with van der Waals surface area (Å²) in [4.78, 5) is 39.3. The monoisotopic (exact) mass is 467 g/mol. The minimum absolute atomic E-state index is 0.0200. The molecular formula is C26H30FN3O4. The SMILES string of the molecule is CNC(=O)c1cc(C(=O)N[C@H]2[C@@H]3CN(C(C)=O)C[C@@H]32)cc(Cc2ccccc2)c1O[C@H](C)CF. The van der Waals surface area contributed by atoms with Crippen molar-refractivity contribution in [3.63, 3.8) is 0 Å². The third kappa shape index (κ3) is 4.90. The number of carbonyl (C=O) groups excluding carboxylic acids is 3. The van der Waals surface area contributed by atoms with Crippen LogP contribution < -0.4 is 15.4 Å². The molecule has 0 radical (unpaired) electrons. The van der Waals surface area contributed by atoms with E-state index in [0.29, 0.717) is 30.6 Å². The molecule has 0 spiro atoms. The molecule has 1 heterocycles. The third-order valence-corrected chi connectivity index (χ3v) is 6.61. The summed E-state index contributed by atoms with van der Waals surface area (Å²) in [6, 6.07) is 12.9. The molecular weight excluding hydrogens is 437 g/mol. The van der Waals surface area contributed by atoms with Crippen molar-refractivity contribution in [3.8, 4) is 5.75 Å². The van der Waals surface area contributed by atoms with Crippen LogP contribution in [0, 0.1) is 11.8 Å². The smallest absolute Gasteiger partial charge is 0.254 e. The molecule has 180 valence electrons. The number of halogens is 1. The first-order valence-electron chi connectivity index (χ1n) is 11.5. The van der Waals surface area contributed by atoms with Crippen molar-refractivity contribution in [2.24, 2.45) is 11.8 Å². The molecule has 2 aromatic rings. The number of hydrogen-bond donors (Lipinski definition) is 2. The van der Waals surface area contributed by atoms with Gasteiger partial charge in [0, 0.05) is 62.5 Å². The number of hydrogen-bond acceptors (Lipinski definition) is 4. The van der Waals surface area contributed by atoms with Gasteiger partial charge in [-0.05, 0) is 24.6 Å². The van der Waals surface area contributed by atoms with E-state index in [9.17, 15) is 18.8 Å². The zero-order chi connectivity index (χ0) is 24.4. The molecule has 0 unspecified atom stereocenters. The van der Waals surface area contributed by atoms with Crippen LogP contribution in [0.15, 0.2) is 42.5 Å². The molecule has 4 atom stereocenters. The fourth-order valence-corrected chi connectivity index (χ4v) is 4.67. The van der Waals surface area contributed by atoms with E-state index in [-0.39, 0.29) is 41.0 Å². The second-order valence-corrected chi connectivity index (χ2v) is 9.09. The van der Waals surface area contributed by atoms with Gasteiger partial charge in [-0.25, -0.2) is 4.39 Å². The molecule has 7 nitrogen and oxygen atoms in total. The van der Waals surface area contributed by atoms with Gasteiger partial charge in [0.15, 0.2) is 0 Å². The normalized spacial score (nSPS) is 21.4. The van der Waals surface area contributed by atoms with Gasteiger partial charge in [-0.2, -0.15) is 0 Å². The van der Waals surface area contributed by atoms with Crippen LogP contribution >= 0.6 is 0 Å². The second kappa shape index (κ2) is 9.83. The molecule has 4 rings (SSSR count). The number of fused-ring (bicyclic) bond motifs is 1. The largest absolute Gasteiger partial charge is 0.487 e. The lowest BCUT2D eigenvalue weighted by atomic mass is 9.97. The van der Waals surface area contributed by atoms with E-state index < -0.39 is 18.7 Å². The van der Waals surface area contributed by atoms with E-state index in [1.807, 2.05) is 30.3 Å². The Morgan fingerprint density at radius 3 is 2.38 bits per heavy atom. The molecule has 1 saturated carbocycles. The predicted octanol–water partition coefficient (Wildman–Crippen LogP) is 2.58. The second-order valence-electron chi connectivity index (χ2n) is 9.09. The molecule has 1 saturated heterocycles. The zero-order valence-electron chi connectivity index (χ0n) is 19.6. The first-order valence-corrected chi connectivity index (χ1v) is 11.5. The standard InChI is InChI=1S/C26H30FN3O4/c1-15(12-27)34-24-18(9-17-7-5-4-6-8-17)10-19(11-20(24)26(33)28-3)25(32)29-23-21-13-30(16(2)31)14-22(21)23/h4-8,10-11,15,21-23H,9,12-14H2,1-3H3,(H,28,33)(H,29,32)/t15-,21-,22+,23+/m1/s1. The van der Waals surface area contributed by atoms with Crippen LogP contribution in [0.2, 0.25) is 0 Å². The molecule has 2 aromatic carbocycles. The summed E-state index contributed by atoms with van der Waals surface area (Å²) >= 11 is 0. The van der Waals surface area contributed by atoms with Crippen molar-refractivity contribution < 1.29 is 23.5 Å². The molecule has 0 bridgehead atoms. The Labute approximate surface area is 198 Å². The molecule has 2 N–H and O–H groups in total. The average molecular weight is 468 g/mol. The lowest BCUT2D eigenvalue weighted by Crippen LogP contribution is -2.36. The van der Waals surface area contributed by atoms with Gasteiger partial charge in [-0.15, -0.1) is 0 Å². The van der Waals surface area contributed by atoms with Crippen molar-refractivity contribution in [2.45, 2.75) is 32.4 Å². The minimum atomic E-state index is -0.743. The van der Waals surface area contributed by atoms with Crippen LogP contribution in [-0.4, -0.2) is 61.6 Å². The maximum Gasteiger partial charge on any atom is 0.254 e. The Balaban J connectivity index is 1.63. The highest BCUT2D eigenvalue weighted by atomic mass is 19.1. The van der Waals surface area contributed by atoms with E-state index >= 15 is 0 Å². The minimum Gasteiger partial charge on any atom is -0.487 e. The van der Waals surface area contributed by atoms with Gasteiger partial charge in [0.2, 0.25) is 5.91 Å².